The molecular weight excluding hydrogens is 289 g/mol. The Bertz CT molecular complexity index is 418. The first-order chi connectivity index (χ1) is 9.03. The number of piperidine rings is 1. The molecule has 1 aliphatic carbocycles. The van der Waals surface area contributed by atoms with E-state index in [0.717, 1.165) is 0 Å². The van der Waals surface area contributed by atoms with Crippen LogP contribution in [0.4, 0.5) is 22.0 Å². The summed E-state index contributed by atoms with van der Waals surface area (Å²) in [4.78, 5) is 22.3. The zero-order chi connectivity index (χ0) is 15.3. The number of carboxylic acid groups (broad SMARTS) is 1. The molecule has 1 unspecified atom stereocenters. The highest BCUT2D eigenvalue weighted by molar-refractivity contribution is 5.82. The van der Waals surface area contributed by atoms with Crippen molar-refractivity contribution in [3.05, 3.63) is 0 Å². The van der Waals surface area contributed by atoms with E-state index >= 15 is 0 Å². The van der Waals surface area contributed by atoms with E-state index in [4.69, 9.17) is 5.11 Å². The first-order valence-corrected chi connectivity index (χ1v) is 6.00. The second-order valence-corrected chi connectivity index (χ2v) is 5.28. The standard InChI is InChI=1S/C11H12F5NO3/c12-10(13)6-1-5(8(18)19)2-7(10)4-17(3-6)9(20)11(14,15)16/h5-7H,1-4H2,(H,18,19)/t5?,6-,7+. The first-order valence-electron chi connectivity index (χ1n) is 6.00. The highest BCUT2D eigenvalue weighted by Crippen LogP contribution is 2.49. The van der Waals surface area contributed by atoms with Crippen LogP contribution < -0.4 is 0 Å². The summed E-state index contributed by atoms with van der Waals surface area (Å²) in [5.74, 6) is -10.7. The number of carbonyl (C=O) groups excluding carboxylic acids is 1. The molecule has 3 atom stereocenters. The molecule has 0 aromatic heterocycles. The molecule has 0 aromatic carbocycles. The Balaban J connectivity index is 2.19. The monoisotopic (exact) mass is 301 g/mol. The van der Waals surface area contributed by atoms with Crippen LogP contribution in [-0.4, -0.2) is 47.1 Å². The van der Waals surface area contributed by atoms with Crippen molar-refractivity contribution in [2.24, 2.45) is 17.8 Å². The van der Waals surface area contributed by atoms with Gasteiger partial charge in [-0.25, -0.2) is 8.78 Å². The van der Waals surface area contributed by atoms with E-state index in [9.17, 15) is 31.5 Å². The van der Waals surface area contributed by atoms with Crippen molar-refractivity contribution in [2.45, 2.75) is 24.9 Å². The lowest BCUT2D eigenvalue weighted by Gasteiger charge is -2.48. The van der Waals surface area contributed by atoms with Crippen molar-refractivity contribution in [3.8, 4) is 0 Å². The van der Waals surface area contributed by atoms with Crippen molar-refractivity contribution in [2.75, 3.05) is 13.1 Å². The van der Waals surface area contributed by atoms with Crippen molar-refractivity contribution >= 4 is 11.9 Å². The molecule has 2 rings (SSSR count). The maximum absolute atomic E-state index is 13.9. The van der Waals surface area contributed by atoms with Crippen LogP contribution in [0.2, 0.25) is 0 Å². The molecule has 1 saturated heterocycles. The lowest BCUT2D eigenvalue weighted by molar-refractivity contribution is -0.212. The predicted octanol–water partition coefficient (Wildman–Crippen LogP) is 1.75. The molecule has 2 bridgehead atoms. The maximum atomic E-state index is 13.9. The summed E-state index contributed by atoms with van der Waals surface area (Å²) >= 11 is 0. The van der Waals surface area contributed by atoms with Crippen LogP contribution in [0, 0.1) is 17.8 Å². The van der Waals surface area contributed by atoms with Crippen molar-refractivity contribution in [3.63, 3.8) is 0 Å². The fraction of sp³-hybridized carbons (Fsp3) is 0.818. The highest BCUT2D eigenvalue weighted by atomic mass is 19.4. The Labute approximate surface area is 110 Å². The number of nitrogens with zero attached hydrogens (tertiary/aromatic N) is 1. The maximum Gasteiger partial charge on any atom is 0.471 e. The van der Waals surface area contributed by atoms with Crippen LogP contribution in [0.5, 0.6) is 0 Å². The topological polar surface area (TPSA) is 57.6 Å². The largest absolute Gasteiger partial charge is 0.481 e. The van der Waals surface area contributed by atoms with Gasteiger partial charge in [0, 0.05) is 24.9 Å². The number of carbonyl (C=O) groups is 2. The number of amides is 1. The third-order valence-corrected chi connectivity index (χ3v) is 3.99. The average molecular weight is 301 g/mol. The number of aliphatic carboxylic acids is 1. The second kappa shape index (κ2) is 4.56. The third-order valence-electron chi connectivity index (χ3n) is 3.99. The van der Waals surface area contributed by atoms with Crippen molar-refractivity contribution in [1.82, 2.24) is 4.90 Å². The molecular formula is C11H12F5NO3. The number of rotatable bonds is 1. The van der Waals surface area contributed by atoms with Crippen molar-refractivity contribution < 1.29 is 36.6 Å². The third kappa shape index (κ3) is 2.45. The molecule has 2 aliphatic rings. The Hall–Kier alpha value is -1.41. The normalized spacial score (nSPS) is 32.9. The Morgan fingerprint density at radius 3 is 1.90 bits per heavy atom. The summed E-state index contributed by atoms with van der Waals surface area (Å²) in [5, 5.41) is 8.86. The van der Waals surface area contributed by atoms with Gasteiger partial charge in [0.25, 0.3) is 5.92 Å². The van der Waals surface area contributed by atoms with Crippen LogP contribution in [-0.2, 0) is 9.59 Å². The number of hydrogen-bond acceptors (Lipinski definition) is 2. The molecule has 114 valence electrons. The summed E-state index contributed by atoms with van der Waals surface area (Å²) in [5.41, 5.74) is 0. The van der Waals surface area contributed by atoms with Crippen LogP contribution in [0.3, 0.4) is 0 Å². The van der Waals surface area contributed by atoms with Gasteiger partial charge in [0.15, 0.2) is 0 Å². The number of carboxylic acids is 1. The van der Waals surface area contributed by atoms with Gasteiger partial charge < -0.3 is 10.0 Å². The highest BCUT2D eigenvalue weighted by Gasteiger charge is 2.59. The molecule has 20 heavy (non-hydrogen) atoms. The SMILES string of the molecule is O=C(O)C1C[C@@H]2CN(C(=O)C(F)(F)F)C[C@H](C1)C2(F)F. The van der Waals surface area contributed by atoms with Gasteiger partial charge in [0.2, 0.25) is 0 Å². The lowest BCUT2D eigenvalue weighted by Crippen LogP contribution is -2.60. The fourth-order valence-corrected chi connectivity index (χ4v) is 2.98. The van der Waals surface area contributed by atoms with Gasteiger partial charge in [-0.2, -0.15) is 13.2 Å². The number of fused-ring (bicyclic) bond motifs is 2. The number of alkyl halides is 5. The van der Waals surface area contributed by atoms with E-state index in [0.29, 0.717) is 4.90 Å². The Kier molecular flexibility index (Phi) is 3.42. The Morgan fingerprint density at radius 1 is 1.10 bits per heavy atom. The lowest BCUT2D eigenvalue weighted by atomic mass is 9.69. The predicted molar refractivity (Wildman–Crippen MR) is 54.9 cm³/mol. The molecule has 1 aliphatic heterocycles. The quantitative estimate of drug-likeness (QED) is 0.751. The van der Waals surface area contributed by atoms with Gasteiger partial charge in [-0.1, -0.05) is 0 Å². The van der Waals surface area contributed by atoms with E-state index in [1.165, 1.54) is 0 Å². The molecule has 9 heteroatoms. The van der Waals surface area contributed by atoms with Crippen molar-refractivity contribution in [1.29, 1.82) is 0 Å². The first kappa shape index (κ1) is 15.0. The van der Waals surface area contributed by atoms with Crippen LogP contribution in [0.15, 0.2) is 0 Å². The van der Waals surface area contributed by atoms with Gasteiger partial charge in [-0.15, -0.1) is 0 Å². The van der Waals surface area contributed by atoms with E-state index in [1.807, 2.05) is 0 Å². The van der Waals surface area contributed by atoms with Gasteiger partial charge >= 0.3 is 18.1 Å². The molecule has 0 aromatic rings. The van der Waals surface area contributed by atoms with Crippen LogP contribution >= 0.6 is 0 Å². The summed E-state index contributed by atoms with van der Waals surface area (Å²) in [6.45, 7) is -1.52. The van der Waals surface area contributed by atoms with E-state index < -0.39 is 67.7 Å². The molecule has 0 spiro atoms. The van der Waals surface area contributed by atoms with Gasteiger partial charge in [-0.05, 0) is 12.8 Å². The van der Waals surface area contributed by atoms with Crippen LogP contribution in [0.25, 0.3) is 0 Å². The molecule has 1 amide bonds. The minimum absolute atomic E-state index is 0.366. The summed E-state index contributed by atoms with van der Waals surface area (Å²) in [7, 11) is 0. The molecule has 1 N–H and O–H groups in total. The van der Waals surface area contributed by atoms with Gasteiger partial charge in [0.1, 0.15) is 0 Å². The fourth-order valence-electron chi connectivity index (χ4n) is 2.98. The average Bonchev–Trinajstić information content (AvgIpc) is 2.24. The summed E-state index contributed by atoms with van der Waals surface area (Å²) in [6, 6.07) is 0. The zero-order valence-electron chi connectivity index (χ0n) is 10.2. The summed E-state index contributed by atoms with van der Waals surface area (Å²) in [6.07, 6.45) is -5.94. The minimum Gasteiger partial charge on any atom is -0.481 e. The molecule has 0 radical (unpaired) electrons. The van der Waals surface area contributed by atoms with Crippen LogP contribution in [0.1, 0.15) is 12.8 Å². The van der Waals surface area contributed by atoms with E-state index in [1.54, 1.807) is 0 Å². The Morgan fingerprint density at radius 2 is 1.55 bits per heavy atom. The molecule has 1 heterocycles. The smallest absolute Gasteiger partial charge is 0.471 e. The molecule has 1 saturated carbocycles. The minimum atomic E-state index is -5.10. The van der Waals surface area contributed by atoms with Gasteiger partial charge in [0.05, 0.1) is 5.92 Å². The molecule has 4 nitrogen and oxygen atoms in total. The molecule has 2 fully saturated rings. The number of halogens is 5. The van der Waals surface area contributed by atoms with E-state index in [2.05, 4.69) is 0 Å². The van der Waals surface area contributed by atoms with Gasteiger partial charge in [-0.3, -0.25) is 9.59 Å². The number of hydrogen-bond donors (Lipinski definition) is 1. The summed E-state index contributed by atoms with van der Waals surface area (Å²) < 4.78 is 64.7. The zero-order valence-corrected chi connectivity index (χ0v) is 10.2. The number of likely N-dealkylation sites (tertiary alicyclic amines) is 1. The van der Waals surface area contributed by atoms with E-state index in [-0.39, 0.29) is 0 Å². The second-order valence-electron chi connectivity index (χ2n) is 5.28.